The third-order valence-corrected chi connectivity index (χ3v) is 15.6. The molecule has 9 atom stereocenters. The van der Waals surface area contributed by atoms with E-state index in [0.29, 0.717) is 24.1 Å². The van der Waals surface area contributed by atoms with Gasteiger partial charge < -0.3 is 74.5 Å². The molecular formula is C60H81N13O13S. The Morgan fingerprint density at radius 2 is 1.34 bits per heavy atom. The summed E-state index contributed by atoms with van der Waals surface area (Å²) in [5.41, 5.74) is 19.9. The molecule has 5 rings (SSSR count). The van der Waals surface area contributed by atoms with Crippen molar-refractivity contribution in [2.24, 2.45) is 39.9 Å². The fraction of sp³-hybridized carbons (Fsp3) is 0.467. The summed E-state index contributed by atoms with van der Waals surface area (Å²) in [7, 11) is 1.50. The Balaban J connectivity index is 1.27. The van der Waals surface area contributed by atoms with Crippen LogP contribution < -0.4 is 54.4 Å². The van der Waals surface area contributed by atoms with Crippen molar-refractivity contribution in [3.8, 4) is 5.75 Å². The summed E-state index contributed by atoms with van der Waals surface area (Å²) in [6.07, 6.45) is -1.10. The Labute approximate surface area is 508 Å². The second kappa shape index (κ2) is 33.7. The number of fused-ring (bicyclic) bond motifs is 1. The molecule has 0 radical (unpaired) electrons. The molecule has 0 spiro atoms. The lowest BCUT2D eigenvalue weighted by Crippen LogP contribution is -2.57. The number of aliphatic hydroxyl groups excluding tert-OH is 1. The number of aliphatic imine (C=N–C) groups is 1. The van der Waals surface area contributed by atoms with Crippen molar-refractivity contribution in [1.29, 1.82) is 0 Å². The number of thioether (sulfide) groups is 1. The number of urea groups is 1. The van der Waals surface area contributed by atoms with Crippen LogP contribution in [0.25, 0.3) is 10.9 Å². The van der Waals surface area contributed by atoms with Gasteiger partial charge in [-0.1, -0.05) is 74.5 Å². The number of aliphatic hydroxyl groups is 1. The summed E-state index contributed by atoms with van der Waals surface area (Å²) < 4.78 is 0. The maximum Gasteiger partial charge on any atom is 0.315 e. The van der Waals surface area contributed by atoms with Crippen molar-refractivity contribution < 1.29 is 63.0 Å². The average Bonchev–Trinajstić information content (AvgIpc) is 2.40. The zero-order chi connectivity index (χ0) is 63.9. The lowest BCUT2D eigenvalue weighted by atomic mass is 9.90. The monoisotopic (exact) mass is 1220 g/mol. The van der Waals surface area contributed by atoms with Crippen LogP contribution in [-0.4, -0.2) is 165 Å². The van der Waals surface area contributed by atoms with Crippen LogP contribution >= 0.6 is 11.8 Å². The highest BCUT2D eigenvalue weighted by Gasteiger charge is 2.41. The molecule has 0 bridgehead atoms. The Morgan fingerprint density at radius 3 is 1.99 bits per heavy atom. The predicted molar refractivity (Wildman–Crippen MR) is 326 cm³/mol. The first-order valence-electron chi connectivity index (χ1n) is 28.6. The van der Waals surface area contributed by atoms with Gasteiger partial charge in [-0.25, -0.2) is 4.79 Å². The lowest BCUT2D eigenvalue weighted by molar-refractivity contribution is -0.142. The van der Waals surface area contributed by atoms with Crippen LogP contribution in [0.4, 0.5) is 4.79 Å². The van der Waals surface area contributed by atoms with Gasteiger partial charge in [-0.2, -0.15) is 0 Å². The number of phenols is 1. The molecule has 1 aliphatic heterocycles. The van der Waals surface area contributed by atoms with Gasteiger partial charge in [0.1, 0.15) is 23.9 Å². The minimum atomic E-state index is -1.63. The van der Waals surface area contributed by atoms with E-state index in [4.69, 9.17) is 17.2 Å². The van der Waals surface area contributed by atoms with Crippen LogP contribution in [0.1, 0.15) is 82.9 Å². The second-order valence-electron chi connectivity index (χ2n) is 22.0. The molecule has 4 aromatic rings. The summed E-state index contributed by atoms with van der Waals surface area (Å²) in [5.74, 6) is -9.95. The van der Waals surface area contributed by atoms with Crippen molar-refractivity contribution in [3.05, 3.63) is 102 Å². The van der Waals surface area contributed by atoms with E-state index in [0.717, 1.165) is 16.5 Å². The molecule has 1 aromatic heterocycles. The highest BCUT2D eigenvalue weighted by Crippen LogP contribution is 2.25. The number of hydrogen-bond acceptors (Lipinski definition) is 15. The zero-order valence-electron chi connectivity index (χ0n) is 49.5. The smallest absolute Gasteiger partial charge is 0.315 e. The Bertz CT molecular complexity index is 3100. The maximum atomic E-state index is 14.3. The number of ketones is 3. The number of guanidine groups is 1. The largest absolute Gasteiger partial charge is 0.508 e. The number of H-pyrrole nitrogens is 1. The molecule has 0 saturated carbocycles. The van der Waals surface area contributed by atoms with Crippen LogP contribution in [0.3, 0.4) is 0 Å². The number of carbonyl (C=O) groups is 11. The van der Waals surface area contributed by atoms with Gasteiger partial charge in [-0.15, -0.1) is 11.8 Å². The summed E-state index contributed by atoms with van der Waals surface area (Å²) in [4.78, 5) is 158. The van der Waals surface area contributed by atoms with E-state index in [1.54, 1.807) is 48.7 Å². The first-order valence-corrected chi connectivity index (χ1v) is 29.8. The number of carbonyl (C=O) groups excluding carboxylic acids is 11. The van der Waals surface area contributed by atoms with Gasteiger partial charge in [-0.3, -0.25) is 52.9 Å². The lowest BCUT2D eigenvalue weighted by Gasteiger charge is -2.29. The van der Waals surface area contributed by atoms with E-state index in [9.17, 15) is 63.0 Å². The summed E-state index contributed by atoms with van der Waals surface area (Å²) >= 11 is 1.22. The number of rotatable bonds is 34. The third-order valence-electron chi connectivity index (χ3n) is 14.6. The number of hydrogen-bond donors (Lipinski definition) is 13. The summed E-state index contributed by atoms with van der Waals surface area (Å²) in [6.45, 7) is 5.70. The predicted octanol–water partition coefficient (Wildman–Crippen LogP) is 0.252. The standard InChI is InChI=1S/C60H81N13O13S/c1-33(2)22-44(50(77)26-38(14-11-21-65-59(63)64-5)55(82)71-47(54(62)81)25-39-29-66-43-16-10-9-15-41(39)43)72-60(86)67-30-52(79)45(23-36-12-7-6-8-13-36)69-56(83)42(34(3)74)27-51(78)46(28-53(61)80)70-57(84)49-31-87-32-73(49)58(85)48(68-35(4)75)24-37-17-19-40(76)20-18-37/h6-10,12-13,15-20,29,33-34,38,42,44-49,66,74,76H,11,14,21-28,30-32H2,1-5H3,(H2,61,80)(H2,62,81)(H,68,75)(H,69,83)(H,70,84)(H,71,82)(H3,63,64,65)(H2,67,72,86)/t34-,38-,42+,44+,45+,46+,47+,48-,49+/m1/s1. The van der Waals surface area contributed by atoms with Crippen molar-refractivity contribution in [2.75, 3.05) is 31.8 Å². The summed E-state index contributed by atoms with van der Waals surface area (Å²) in [5, 5.41) is 40.1. The highest BCUT2D eigenvalue weighted by molar-refractivity contribution is 7.99. The number of nitrogens with one attached hydrogen (secondary N) is 8. The van der Waals surface area contributed by atoms with Gasteiger partial charge in [-0.05, 0) is 73.4 Å². The van der Waals surface area contributed by atoms with E-state index in [1.807, 2.05) is 38.1 Å². The molecule has 9 amide bonds. The third kappa shape index (κ3) is 21.9. The number of phenolic OH excluding ortho intramolecular Hbond substituents is 1. The number of benzene rings is 3. The summed E-state index contributed by atoms with van der Waals surface area (Å²) in [6, 6.07) is 13.4. The molecule has 1 aliphatic rings. The molecule has 3 aromatic carbocycles. The van der Waals surface area contributed by atoms with Crippen LogP contribution in [0.5, 0.6) is 5.75 Å². The minimum absolute atomic E-state index is 0.00919. The van der Waals surface area contributed by atoms with Gasteiger partial charge in [0.05, 0.1) is 49.0 Å². The van der Waals surface area contributed by atoms with Gasteiger partial charge in [0.25, 0.3) is 0 Å². The molecule has 27 heteroatoms. The molecule has 16 N–H and O–H groups in total. The first-order chi connectivity index (χ1) is 41.3. The minimum Gasteiger partial charge on any atom is -0.508 e. The van der Waals surface area contributed by atoms with Gasteiger partial charge in [0, 0.05) is 75.0 Å². The number of Topliss-reactive ketones (excluding diaryl/α,β-unsaturated/α-hetero) is 3. The maximum absolute atomic E-state index is 14.3. The van der Waals surface area contributed by atoms with Crippen LogP contribution in [-0.2, 0) is 67.2 Å². The van der Waals surface area contributed by atoms with E-state index in [2.05, 4.69) is 47.2 Å². The van der Waals surface area contributed by atoms with Crippen LogP contribution in [0.2, 0.25) is 0 Å². The number of aromatic nitrogens is 1. The Hall–Kier alpha value is -8.85. The molecule has 0 aliphatic carbocycles. The van der Waals surface area contributed by atoms with Crippen LogP contribution in [0.15, 0.2) is 90.1 Å². The number of primary amides is 2. The average molecular weight is 1220 g/mol. The van der Waals surface area contributed by atoms with E-state index >= 15 is 0 Å². The number of aromatic amines is 1. The molecule has 0 unspecified atom stereocenters. The fourth-order valence-electron chi connectivity index (χ4n) is 9.95. The van der Waals surface area contributed by atoms with E-state index in [1.165, 1.54) is 49.7 Å². The zero-order valence-corrected chi connectivity index (χ0v) is 50.3. The van der Waals surface area contributed by atoms with Gasteiger partial charge in [0.2, 0.25) is 41.4 Å². The SMILES string of the molecule is CN=C(N)NCCC[C@H](CC(=O)[C@H](CC(C)C)NC(=O)NCC(=O)[C@H](Cc1ccccc1)NC(=O)[C@@H](CC(=O)[C@H](CC(N)=O)NC(=O)[C@@H]1CSCN1C(=O)[C@@H](Cc1ccc(O)cc1)NC(C)=O)[C@@H](C)O)C(=O)N[C@@H](Cc1c[nH]c2ccccc12)C(N)=O. The molecule has 1 fully saturated rings. The van der Waals surface area contributed by atoms with Crippen molar-refractivity contribution >= 4 is 93.4 Å². The number of amides is 9. The van der Waals surface area contributed by atoms with Crippen molar-refractivity contribution in [3.63, 3.8) is 0 Å². The van der Waals surface area contributed by atoms with Crippen LogP contribution in [0, 0.1) is 17.8 Å². The molecule has 87 heavy (non-hydrogen) atoms. The molecule has 470 valence electrons. The normalized spacial score (nSPS) is 16.0. The van der Waals surface area contributed by atoms with E-state index < -0.39 is 138 Å². The fourth-order valence-corrected chi connectivity index (χ4v) is 11.1. The van der Waals surface area contributed by atoms with E-state index in [-0.39, 0.29) is 67.8 Å². The second-order valence-corrected chi connectivity index (χ2v) is 23.0. The Kier molecular flexibility index (Phi) is 26.7. The molecular weight excluding hydrogens is 1140 g/mol. The highest BCUT2D eigenvalue weighted by atomic mass is 32.2. The van der Waals surface area contributed by atoms with Gasteiger partial charge >= 0.3 is 6.03 Å². The number of nitrogens with two attached hydrogens (primary N) is 3. The molecule has 2 heterocycles. The molecule has 26 nitrogen and oxygen atoms in total. The number of aromatic hydroxyl groups is 1. The topological polar surface area (TPSA) is 422 Å². The molecule has 1 saturated heterocycles. The van der Waals surface area contributed by atoms with Crippen molar-refractivity contribution in [1.82, 2.24) is 47.1 Å². The van der Waals surface area contributed by atoms with Gasteiger partial charge in [0.15, 0.2) is 23.3 Å². The Morgan fingerprint density at radius 1 is 0.701 bits per heavy atom. The van der Waals surface area contributed by atoms with Crippen molar-refractivity contribution in [2.45, 2.75) is 128 Å². The number of para-hydroxylation sites is 1. The number of nitrogens with zero attached hydrogens (tertiary/aromatic N) is 2. The first kappa shape index (κ1) is 68.9. The quantitative estimate of drug-likeness (QED) is 0.0169.